The maximum atomic E-state index is 11.8. The van der Waals surface area contributed by atoms with Crippen LogP contribution in [0, 0.1) is 0 Å². The standard InChI is InChI=1S/C12H17N2O5P/c1-13(12(16)9-20(2,18)19)8-11(15)14(17)10-6-4-3-5-7-10/h3-7,17H,8-9H2,1-2H3,(H,18,19). The SMILES string of the molecule is CN(CC(=O)N(O)c1ccccc1)C(=O)CP(C)(=O)O. The molecule has 0 saturated heterocycles. The second kappa shape index (κ2) is 6.65. The van der Waals surface area contributed by atoms with Crippen LogP contribution in [0.25, 0.3) is 0 Å². The Morgan fingerprint density at radius 1 is 1.20 bits per heavy atom. The van der Waals surface area contributed by atoms with Gasteiger partial charge in [0.2, 0.25) is 13.3 Å². The van der Waals surface area contributed by atoms with E-state index >= 15 is 0 Å². The van der Waals surface area contributed by atoms with Crippen LogP contribution in [0.5, 0.6) is 0 Å². The zero-order chi connectivity index (χ0) is 15.3. The molecule has 0 aromatic heterocycles. The Hall–Kier alpha value is -1.69. The van der Waals surface area contributed by atoms with E-state index in [2.05, 4.69) is 0 Å². The van der Waals surface area contributed by atoms with Crippen LogP contribution >= 0.6 is 7.37 Å². The summed E-state index contributed by atoms with van der Waals surface area (Å²) >= 11 is 0. The highest BCUT2D eigenvalue weighted by Crippen LogP contribution is 2.34. The minimum absolute atomic E-state index is 0.279. The van der Waals surface area contributed by atoms with Crippen LogP contribution in [0.4, 0.5) is 5.69 Å². The van der Waals surface area contributed by atoms with Gasteiger partial charge in [-0.3, -0.25) is 19.4 Å². The van der Waals surface area contributed by atoms with Crippen molar-refractivity contribution >= 4 is 24.9 Å². The van der Waals surface area contributed by atoms with Crippen LogP contribution in [0.3, 0.4) is 0 Å². The monoisotopic (exact) mass is 300 g/mol. The molecule has 1 atom stereocenters. The van der Waals surface area contributed by atoms with Gasteiger partial charge < -0.3 is 9.79 Å². The van der Waals surface area contributed by atoms with E-state index in [1.54, 1.807) is 18.2 Å². The lowest BCUT2D eigenvalue weighted by molar-refractivity contribution is -0.133. The maximum absolute atomic E-state index is 11.8. The summed E-state index contributed by atoms with van der Waals surface area (Å²) in [7, 11) is -2.15. The highest BCUT2D eigenvalue weighted by molar-refractivity contribution is 7.58. The number of likely N-dealkylation sites (N-methyl/N-ethyl adjacent to an activating group) is 1. The average molecular weight is 300 g/mol. The minimum atomic E-state index is -3.48. The van der Waals surface area contributed by atoms with Crippen molar-refractivity contribution in [1.29, 1.82) is 0 Å². The molecule has 0 aliphatic carbocycles. The summed E-state index contributed by atoms with van der Waals surface area (Å²) in [4.78, 5) is 33.5. The van der Waals surface area contributed by atoms with Crippen molar-refractivity contribution in [3.63, 3.8) is 0 Å². The molecule has 1 unspecified atom stereocenters. The molecule has 0 radical (unpaired) electrons. The van der Waals surface area contributed by atoms with Crippen molar-refractivity contribution in [1.82, 2.24) is 4.90 Å². The molecule has 2 N–H and O–H groups in total. The van der Waals surface area contributed by atoms with Gasteiger partial charge in [-0.1, -0.05) is 18.2 Å². The van der Waals surface area contributed by atoms with E-state index in [4.69, 9.17) is 4.89 Å². The predicted molar refractivity (Wildman–Crippen MR) is 74.0 cm³/mol. The number of hydroxylamine groups is 1. The van der Waals surface area contributed by atoms with Crippen molar-refractivity contribution in [2.75, 3.05) is 31.5 Å². The third-order valence-corrected chi connectivity index (χ3v) is 3.32. The number of amides is 2. The largest absolute Gasteiger partial charge is 0.344 e. The van der Waals surface area contributed by atoms with Crippen LogP contribution < -0.4 is 5.06 Å². The van der Waals surface area contributed by atoms with Gasteiger partial charge in [-0.25, -0.2) is 0 Å². The third-order valence-electron chi connectivity index (χ3n) is 2.46. The highest BCUT2D eigenvalue weighted by atomic mass is 31.2. The van der Waals surface area contributed by atoms with Gasteiger partial charge in [0, 0.05) is 13.7 Å². The fraction of sp³-hybridized carbons (Fsp3) is 0.333. The summed E-state index contributed by atoms with van der Waals surface area (Å²) in [5, 5.41) is 10.1. The topological polar surface area (TPSA) is 98.2 Å². The van der Waals surface area contributed by atoms with E-state index in [1.807, 2.05) is 0 Å². The van der Waals surface area contributed by atoms with Crippen LogP contribution in [-0.4, -0.2) is 53.2 Å². The minimum Gasteiger partial charge on any atom is -0.344 e. The van der Waals surface area contributed by atoms with E-state index < -0.39 is 25.3 Å². The molecule has 110 valence electrons. The summed E-state index contributed by atoms with van der Waals surface area (Å²) in [6, 6.07) is 8.11. The van der Waals surface area contributed by atoms with Crippen molar-refractivity contribution in [2.45, 2.75) is 0 Å². The van der Waals surface area contributed by atoms with Crippen LogP contribution in [0.15, 0.2) is 30.3 Å². The molecule has 8 heteroatoms. The number of para-hydroxylation sites is 1. The first-order valence-electron chi connectivity index (χ1n) is 5.81. The Bertz CT molecular complexity index is 528. The number of rotatable bonds is 5. The van der Waals surface area contributed by atoms with Gasteiger partial charge >= 0.3 is 0 Å². The summed E-state index contributed by atoms with van der Waals surface area (Å²) in [5.74, 6) is -1.34. The van der Waals surface area contributed by atoms with Gasteiger partial charge in [0.15, 0.2) is 0 Å². The number of anilines is 1. The summed E-state index contributed by atoms with van der Waals surface area (Å²) < 4.78 is 11.1. The average Bonchev–Trinajstić information content (AvgIpc) is 2.36. The lowest BCUT2D eigenvalue weighted by atomic mass is 10.3. The molecule has 0 bridgehead atoms. The van der Waals surface area contributed by atoms with E-state index in [0.29, 0.717) is 5.06 Å². The van der Waals surface area contributed by atoms with Crippen molar-refractivity contribution in [2.24, 2.45) is 0 Å². The van der Waals surface area contributed by atoms with Crippen molar-refractivity contribution in [3.05, 3.63) is 30.3 Å². The predicted octanol–water partition coefficient (Wildman–Crippen LogP) is 0.767. The molecule has 0 aliphatic heterocycles. The van der Waals surface area contributed by atoms with Crippen molar-refractivity contribution in [3.8, 4) is 0 Å². The summed E-state index contributed by atoms with van der Waals surface area (Å²) in [6.07, 6.45) is -0.534. The number of carbonyl (C=O) groups is 2. The van der Waals surface area contributed by atoms with Gasteiger partial charge in [0.25, 0.3) is 5.91 Å². The van der Waals surface area contributed by atoms with E-state index in [1.165, 1.54) is 19.2 Å². The van der Waals surface area contributed by atoms with Crippen LogP contribution in [-0.2, 0) is 14.2 Å². The molecule has 0 saturated carbocycles. The number of hydrogen-bond acceptors (Lipinski definition) is 4. The lowest BCUT2D eigenvalue weighted by Gasteiger charge is -2.21. The smallest absolute Gasteiger partial charge is 0.270 e. The Morgan fingerprint density at radius 2 is 1.75 bits per heavy atom. The van der Waals surface area contributed by atoms with Crippen LogP contribution in [0.2, 0.25) is 0 Å². The molecule has 0 fully saturated rings. The zero-order valence-electron chi connectivity index (χ0n) is 11.3. The number of nitrogens with zero attached hydrogens (tertiary/aromatic N) is 2. The Labute approximate surface area is 116 Å². The van der Waals surface area contributed by atoms with Gasteiger partial charge in [0.1, 0.15) is 12.7 Å². The molecule has 0 aliphatic rings. The molecule has 1 rings (SSSR count). The molecule has 7 nitrogen and oxygen atoms in total. The fourth-order valence-corrected chi connectivity index (χ4v) is 2.19. The zero-order valence-corrected chi connectivity index (χ0v) is 12.2. The third kappa shape index (κ3) is 5.13. The fourth-order valence-electron chi connectivity index (χ4n) is 1.44. The second-order valence-electron chi connectivity index (χ2n) is 4.50. The van der Waals surface area contributed by atoms with E-state index in [-0.39, 0.29) is 12.2 Å². The Kier molecular flexibility index (Phi) is 5.44. The highest BCUT2D eigenvalue weighted by Gasteiger charge is 2.23. The Balaban J connectivity index is 2.62. The Morgan fingerprint density at radius 3 is 2.25 bits per heavy atom. The molecule has 2 amide bonds. The van der Waals surface area contributed by atoms with Gasteiger partial charge in [-0.15, -0.1) is 0 Å². The molecule has 1 aromatic rings. The van der Waals surface area contributed by atoms with Gasteiger partial charge in [-0.05, 0) is 12.1 Å². The number of carbonyl (C=O) groups excluding carboxylic acids is 2. The summed E-state index contributed by atoms with van der Waals surface area (Å²) in [6.45, 7) is 0.688. The normalized spacial score (nSPS) is 13.4. The molecular formula is C12H17N2O5P. The molecule has 0 heterocycles. The first-order valence-corrected chi connectivity index (χ1v) is 8.10. The van der Waals surface area contributed by atoms with E-state index in [0.717, 1.165) is 11.6 Å². The first kappa shape index (κ1) is 16.4. The number of hydrogen-bond donors (Lipinski definition) is 2. The van der Waals surface area contributed by atoms with Gasteiger partial charge in [0.05, 0.1) is 5.69 Å². The van der Waals surface area contributed by atoms with Crippen molar-refractivity contribution < 1.29 is 24.3 Å². The second-order valence-corrected chi connectivity index (χ2v) is 6.92. The molecule has 1 aromatic carbocycles. The maximum Gasteiger partial charge on any atom is 0.270 e. The quantitative estimate of drug-likeness (QED) is 0.475. The molecule has 20 heavy (non-hydrogen) atoms. The molecule has 0 spiro atoms. The summed E-state index contributed by atoms with van der Waals surface area (Å²) in [5.41, 5.74) is 0.279. The molecular weight excluding hydrogens is 283 g/mol. The van der Waals surface area contributed by atoms with Gasteiger partial charge in [-0.2, -0.15) is 5.06 Å². The number of benzene rings is 1. The van der Waals surface area contributed by atoms with Crippen LogP contribution in [0.1, 0.15) is 0 Å². The van der Waals surface area contributed by atoms with E-state index in [9.17, 15) is 19.4 Å². The lowest BCUT2D eigenvalue weighted by Crippen LogP contribution is -2.40. The first-order chi connectivity index (χ1) is 9.20.